The Balaban J connectivity index is 1.70. The van der Waals surface area contributed by atoms with Crippen molar-refractivity contribution in [2.45, 2.75) is 5.41 Å². The van der Waals surface area contributed by atoms with E-state index in [1.54, 1.807) is 0 Å². The molecule has 1 aromatic heterocycles. The van der Waals surface area contributed by atoms with Crippen molar-refractivity contribution in [3.05, 3.63) is 153 Å². The van der Waals surface area contributed by atoms with Crippen LogP contribution in [0.25, 0.3) is 44.5 Å². The number of hydrogen-bond donors (Lipinski definition) is 0. The third-order valence-electron chi connectivity index (χ3n) is 8.25. The first-order valence-corrected chi connectivity index (χ1v) is 12.6. The van der Waals surface area contributed by atoms with Gasteiger partial charge in [-0.25, -0.2) is 4.85 Å². The van der Waals surface area contributed by atoms with Gasteiger partial charge in [-0.3, -0.25) is 0 Å². The van der Waals surface area contributed by atoms with E-state index in [-0.39, 0.29) is 0 Å². The maximum atomic E-state index is 9.96. The molecular formula is C35H19N3. The maximum Gasteiger partial charge on any atom is 0.187 e. The molecule has 174 valence electrons. The summed E-state index contributed by atoms with van der Waals surface area (Å²) in [5, 5.41) is 12.4. The van der Waals surface area contributed by atoms with Crippen LogP contribution in [0.15, 0.2) is 103 Å². The van der Waals surface area contributed by atoms with Crippen molar-refractivity contribution < 1.29 is 0 Å². The van der Waals surface area contributed by atoms with E-state index in [0.717, 1.165) is 39.1 Å². The van der Waals surface area contributed by atoms with Gasteiger partial charge in [-0.1, -0.05) is 91.0 Å². The summed E-state index contributed by atoms with van der Waals surface area (Å²) in [6.07, 6.45) is 4.30. The summed E-state index contributed by atoms with van der Waals surface area (Å²) >= 11 is 0. The number of rotatable bonds is 0. The Hall–Kier alpha value is -5.38. The topological polar surface area (TPSA) is 33.1 Å². The molecule has 0 N–H and O–H groups in total. The lowest BCUT2D eigenvalue weighted by Crippen LogP contribution is -2.36. The van der Waals surface area contributed by atoms with Crippen LogP contribution >= 0.6 is 0 Å². The minimum absolute atomic E-state index is 0.604. The van der Waals surface area contributed by atoms with Gasteiger partial charge in [-0.15, -0.1) is 0 Å². The molecule has 3 heteroatoms. The van der Waals surface area contributed by atoms with Crippen LogP contribution in [0.1, 0.15) is 38.9 Å². The molecule has 38 heavy (non-hydrogen) atoms. The van der Waals surface area contributed by atoms with Gasteiger partial charge in [-0.05, 0) is 57.6 Å². The fourth-order valence-corrected chi connectivity index (χ4v) is 6.79. The van der Waals surface area contributed by atoms with Crippen LogP contribution in [0.3, 0.4) is 0 Å². The van der Waals surface area contributed by atoms with Crippen molar-refractivity contribution >= 4 is 39.6 Å². The highest BCUT2D eigenvalue weighted by atomic mass is 15.0. The number of nitriles is 1. The second-order valence-electron chi connectivity index (χ2n) is 9.95. The number of fused-ring (bicyclic) bond motifs is 11. The van der Waals surface area contributed by atoms with E-state index in [1.807, 2.05) is 18.2 Å². The standard InChI is InChI=1S/C35H19N3/c1-37-25-18-17-24-16-15-23-14-13-22(21-36)19-30(23)35(31(24)20-25)28-9-3-5-12-33(28)38-32-11-4-2-7-26(32)27-8-6-10-29(35)34(27)38/h2-20H/t35-/m1/s1. The number of para-hydroxylation sites is 3. The molecule has 0 bridgehead atoms. The normalized spacial score (nSPS) is 16.4. The number of hydrogen-bond acceptors (Lipinski definition) is 1. The zero-order valence-corrected chi connectivity index (χ0v) is 20.3. The molecule has 2 aliphatic rings. The highest BCUT2D eigenvalue weighted by Crippen LogP contribution is 2.57. The van der Waals surface area contributed by atoms with E-state index in [2.05, 4.69) is 113 Å². The van der Waals surface area contributed by atoms with E-state index < -0.39 is 5.41 Å². The van der Waals surface area contributed by atoms with Gasteiger partial charge in [-0.2, -0.15) is 5.26 Å². The van der Waals surface area contributed by atoms with Crippen LogP contribution in [0.4, 0.5) is 5.69 Å². The average molecular weight is 482 g/mol. The molecule has 0 saturated carbocycles. The van der Waals surface area contributed by atoms with Gasteiger partial charge in [0.25, 0.3) is 0 Å². The van der Waals surface area contributed by atoms with E-state index in [9.17, 15) is 5.26 Å². The zero-order valence-electron chi connectivity index (χ0n) is 20.3. The molecule has 5 aromatic carbocycles. The van der Waals surface area contributed by atoms with Crippen molar-refractivity contribution in [2.75, 3.05) is 0 Å². The summed E-state index contributed by atoms with van der Waals surface area (Å²) in [7, 11) is 0. The van der Waals surface area contributed by atoms with Gasteiger partial charge in [0.1, 0.15) is 0 Å². The highest BCUT2D eigenvalue weighted by molar-refractivity contribution is 6.12. The SMILES string of the molecule is [C-]#[N+]c1ccc2c(c1)[C@]1(c3cc(C#N)ccc3C=C2)c2ccccc2-n2c3ccccc3c3cccc1c32. The Bertz CT molecular complexity index is 2040. The molecular weight excluding hydrogens is 462 g/mol. The molecule has 1 atom stereocenters. The quantitative estimate of drug-likeness (QED) is 0.200. The van der Waals surface area contributed by atoms with Crippen LogP contribution in [0, 0.1) is 17.9 Å². The lowest BCUT2D eigenvalue weighted by molar-refractivity contribution is 0.726. The van der Waals surface area contributed by atoms with Crippen molar-refractivity contribution in [3.8, 4) is 11.8 Å². The van der Waals surface area contributed by atoms with Crippen LogP contribution in [-0.2, 0) is 5.41 Å². The van der Waals surface area contributed by atoms with Gasteiger partial charge in [0.2, 0.25) is 0 Å². The minimum Gasteiger partial charge on any atom is -0.309 e. The van der Waals surface area contributed by atoms with Gasteiger partial charge in [0.15, 0.2) is 5.69 Å². The predicted molar refractivity (Wildman–Crippen MR) is 153 cm³/mol. The monoisotopic (exact) mass is 481 g/mol. The molecule has 1 aliphatic heterocycles. The Labute approximate surface area is 220 Å². The molecule has 6 aromatic rings. The first-order valence-electron chi connectivity index (χ1n) is 12.6. The number of benzene rings is 5. The molecule has 8 rings (SSSR count). The maximum absolute atomic E-state index is 9.96. The molecule has 0 saturated heterocycles. The Morgan fingerprint density at radius 3 is 2.24 bits per heavy atom. The molecule has 3 nitrogen and oxygen atoms in total. The first-order chi connectivity index (χ1) is 18.8. The largest absolute Gasteiger partial charge is 0.309 e. The first kappa shape index (κ1) is 20.8. The van der Waals surface area contributed by atoms with Crippen LogP contribution in [0.2, 0.25) is 0 Å². The highest BCUT2D eigenvalue weighted by Gasteiger charge is 2.47. The number of nitrogens with zero attached hydrogens (tertiary/aromatic N) is 3. The average Bonchev–Trinajstić information content (AvgIpc) is 3.25. The zero-order chi connectivity index (χ0) is 25.4. The predicted octanol–water partition coefficient (Wildman–Crippen LogP) is 8.39. The molecule has 1 spiro atoms. The summed E-state index contributed by atoms with van der Waals surface area (Å²) in [5.41, 5.74) is 10.5. The minimum atomic E-state index is -0.720. The van der Waals surface area contributed by atoms with Gasteiger partial charge in [0.05, 0.1) is 40.3 Å². The lowest BCUT2D eigenvalue weighted by atomic mass is 9.61. The Kier molecular flexibility index (Phi) is 4.00. The van der Waals surface area contributed by atoms with E-state index in [4.69, 9.17) is 6.57 Å². The Morgan fingerprint density at radius 1 is 0.684 bits per heavy atom. The van der Waals surface area contributed by atoms with E-state index in [1.165, 1.54) is 21.8 Å². The van der Waals surface area contributed by atoms with Crippen molar-refractivity contribution in [1.29, 1.82) is 5.26 Å². The molecule has 0 fully saturated rings. The van der Waals surface area contributed by atoms with Gasteiger partial charge >= 0.3 is 0 Å². The fraction of sp³-hybridized carbons (Fsp3) is 0.0286. The van der Waals surface area contributed by atoms with E-state index in [0.29, 0.717) is 11.3 Å². The van der Waals surface area contributed by atoms with E-state index >= 15 is 0 Å². The van der Waals surface area contributed by atoms with Gasteiger partial charge < -0.3 is 4.57 Å². The van der Waals surface area contributed by atoms with Crippen LogP contribution in [-0.4, -0.2) is 4.57 Å². The molecule has 0 radical (unpaired) electrons. The number of aromatic nitrogens is 1. The summed E-state index contributed by atoms with van der Waals surface area (Å²) in [6.45, 7) is 7.84. The molecule has 0 amide bonds. The molecule has 1 aliphatic carbocycles. The fourth-order valence-electron chi connectivity index (χ4n) is 6.79. The Morgan fingerprint density at radius 2 is 1.39 bits per heavy atom. The summed E-state index contributed by atoms with van der Waals surface area (Å²) in [4.78, 5) is 3.83. The molecule has 0 unspecified atom stereocenters. The summed E-state index contributed by atoms with van der Waals surface area (Å²) in [6, 6.07) is 38.2. The molecule has 2 heterocycles. The second-order valence-corrected chi connectivity index (χ2v) is 9.95. The third kappa shape index (κ3) is 2.41. The smallest absolute Gasteiger partial charge is 0.187 e. The lowest BCUT2D eigenvalue weighted by Gasteiger charge is -2.42. The van der Waals surface area contributed by atoms with Crippen molar-refractivity contribution in [3.63, 3.8) is 0 Å². The van der Waals surface area contributed by atoms with Crippen molar-refractivity contribution in [2.24, 2.45) is 0 Å². The third-order valence-corrected chi connectivity index (χ3v) is 8.25. The van der Waals surface area contributed by atoms with Crippen LogP contribution < -0.4 is 0 Å². The summed E-state index contributed by atoms with van der Waals surface area (Å²) in [5.74, 6) is 0. The second kappa shape index (κ2) is 7.32. The van der Waals surface area contributed by atoms with Crippen LogP contribution in [0.5, 0.6) is 0 Å². The summed E-state index contributed by atoms with van der Waals surface area (Å²) < 4.78 is 2.39. The van der Waals surface area contributed by atoms with Crippen molar-refractivity contribution in [1.82, 2.24) is 4.57 Å². The van der Waals surface area contributed by atoms with Gasteiger partial charge in [0, 0.05) is 10.8 Å².